The molecule has 0 aliphatic carbocycles. The highest BCUT2D eigenvalue weighted by Gasteiger charge is 2.18. The lowest BCUT2D eigenvalue weighted by atomic mass is 10.2. The number of ketones is 1. The maximum Gasteiger partial charge on any atom is 0.257 e. The van der Waals surface area contributed by atoms with Gasteiger partial charge in [0.2, 0.25) is 5.43 Å². The minimum Gasteiger partial charge on any atom is -0.348 e. The van der Waals surface area contributed by atoms with Gasteiger partial charge in [-0.05, 0) is 30.8 Å². The summed E-state index contributed by atoms with van der Waals surface area (Å²) in [5.74, 6) is -0.566. The molecule has 0 bridgehead atoms. The lowest BCUT2D eigenvalue weighted by Gasteiger charge is -2.13. The Bertz CT molecular complexity index is 1400. The summed E-state index contributed by atoms with van der Waals surface area (Å²) in [5, 5.41) is 3.89. The number of pyridine rings is 1. The van der Waals surface area contributed by atoms with Crippen LogP contribution in [-0.2, 0) is 20.1 Å². The summed E-state index contributed by atoms with van der Waals surface area (Å²) in [6.07, 6.45) is 6.00. The van der Waals surface area contributed by atoms with Crippen molar-refractivity contribution < 1.29 is 9.59 Å². The standard InChI is InChI=1S/C24H22ClN5O3S/c1-29(14-21(31)20-11-26-7-8-27-20)12-17-9-18-22(32)19(13-30(2)24(18)34-17)23(33)28-10-15-3-5-16(25)6-4-15/h3-9,11,13H,10,12,14H2,1-2H3,(H,28,33). The summed E-state index contributed by atoms with van der Waals surface area (Å²) in [6, 6.07) is 8.93. The minimum atomic E-state index is -0.433. The van der Waals surface area contributed by atoms with Gasteiger partial charge >= 0.3 is 0 Å². The normalized spacial score (nSPS) is 11.2. The summed E-state index contributed by atoms with van der Waals surface area (Å²) < 4.78 is 1.78. The van der Waals surface area contributed by atoms with Crippen molar-refractivity contribution in [2.24, 2.45) is 7.05 Å². The first-order valence-corrected chi connectivity index (χ1v) is 11.6. The maximum absolute atomic E-state index is 13.1. The molecule has 1 aromatic carbocycles. The number of aromatic nitrogens is 3. The molecule has 0 aliphatic rings. The number of likely N-dealkylation sites (N-methyl/N-ethyl adjacent to an activating group) is 1. The molecule has 1 N–H and O–H groups in total. The summed E-state index contributed by atoms with van der Waals surface area (Å²) in [5.41, 5.74) is 0.961. The van der Waals surface area contributed by atoms with Crippen molar-refractivity contribution >= 4 is 44.8 Å². The number of nitrogens with one attached hydrogen (secondary N) is 1. The van der Waals surface area contributed by atoms with Crippen LogP contribution in [0.25, 0.3) is 10.2 Å². The Morgan fingerprint density at radius 1 is 1.21 bits per heavy atom. The largest absolute Gasteiger partial charge is 0.348 e. The molecule has 0 radical (unpaired) electrons. The van der Waals surface area contributed by atoms with Gasteiger partial charge in [-0.25, -0.2) is 4.98 Å². The number of Topliss-reactive ketones (excluding diaryl/α,β-unsaturated/α-hetero) is 1. The van der Waals surface area contributed by atoms with Crippen LogP contribution in [0, 0.1) is 0 Å². The lowest BCUT2D eigenvalue weighted by Crippen LogP contribution is -2.29. The molecule has 1 amide bonds. The monoisotopic (exact) mass is 495 g/mol. The van der Waals surface area contributed by atoms with Crippen LogP contribution in [0.5, 0.6) is 0 Å². The number of hydrogen-bond acceptors (Lipinski definition) is 7. The van der Waals surface area contributed by atoms with E-state index in [1.165, 1.54) is 29.9 Å². The fourth-order valence-electron chi connectivity index (χ4n) is 3.52. The second kappa shape index (κ2) is 10.3. The molecule has 0 spiro atoms. The number of carbonyl (C=O) groups excluding carboxylic acids is 2. The first-order valence-electron chi connectivity index (χ1n) is 10.4. The van der Waals surface area contributed by atoms with Crippen molar-refractivity contribution in [3.63, 3.8) is 0 Å². The van der Waals surface area contributed by atoms with Crippen molar-refractivity contribution in [3.8, 4) is 0 Å². The zero-order chi connectivity index (χ0) is 24.2. The second-order valence-electron chi connectivity index (χ2n) is 7.91. The van der Waals surface area contributed by atoms with Crippen LogP contribution in [0.3, 0.4) is 0 Å². The molecular formula is C24H22ClN5O3S. The molecule has 0 atom stereocenters. The van der Waals surface area contributed by atoms with Crippen molar-refractivity contribution in [1.82, 2.24) is 24.8 Å². The van der Waals surface area contributed by atoms with Crippen molar-refractivity contribution in [2.45, 2.75) is 13.1 Å². The summed E-state index contributed by atoms with van der Waals surface area (Å²) in [4.78, 5) is 49.7. The van der Waals surface area contributed by atoms with E-state index in [9.17, 15) is 14.4 Å². The fraction of sp³-hybridized carbons (Fsp3) is 0.208. The molecule has 0 aliphatic heterocycles. The van der Waals surface area contributed by atoms with Crippen LogP contribution in [0.15, 0.2) is 59.9 Å². The van der Waals surface area contributed by atoms with E-state index in [0.29, 0.717) is 22.6 Å². The van der Waals surface area contributed by atoms with Gasteiger partial charge in [0.1, 0.15) is 16.1 Å². The number of fused-ring (bicyclic) bond motifs is 1. The van der Waals surface area contributed by atoms with Gasteiger partial charge in [-0.2, -0.15) is 0 Å². The molecule has 0 saturated carbocycles. The van der Waals surface area contributed by atoms with E-state index in [1.807, 2.05) is 24.1 Å². The zero-order valence-electron chi connectivity index (χ0n) is 18.6. The molecule has 10 heteroatoms. The Hall–Kier alpha value is -3.40. The van der Waals surface area contributed by atoms with Gasteiger partial charge in [0.15, 0.2) is 5.78 Å². The second-order valence-corrected chi connectivity index (χ2v) is 9.46. The Morgan fingerprint density at radius 2 is 1.97 bits per heavy atom. The Balaban J connectivity index is 1.48. The molecule has 4 aromatic rings. The predicted octanol–water partition coefficient (Wildman–Crippen LogP) is 3.29. The van der Waals surface area contributed by atoms with Crippen molar-refractivity contribution in [1.29, 1.82) is 0 Å². The van der Waals surface area contributed by atoms with E-state index in [0.717, 1.165) is 15.3 Å². The third-order valence-electron chi connectivity index (χ3n) is 5.19. The van der Waals surface area contributed by atoms with E-state index >= 15 is 0 Å². The highest BCUT2D eigenvalue weighted by Crippen LogP contribution is 2.24. The summed E-state index contributed by atoms with van der Waals surface area (Å²) in [7, 11) is 3.63. The third-order valence-corrected chi connectivity index (χ3v) is 6.66. The Labute approximate surface area is 204 Å². The molecule has 4 rings (SSSR count). The first kappa shape index (κ1) is 23.7. The smallest absolute Gasteiger partial charge is 0.257 e. The van der Waals surface area contributed by atoms with Gasteiger partial charge in [0.25, 0.3) is 5.91 Å². The van der Waals surface area contributed by atoms with Crippen LogP contribution >= 0.6 is 22.9 Å². The van der Waals surface area contributed by atoms with Crippen LogP contribution in [0.2, 0.25) is 5.02 Å². The number of aryl methyl sites for hydroxylation is 1. The average molecular weight is 496 g/mol. The van der Waals surface area contributed by atoms with Crippen LogP contribution in [0.1, 0.15) is 31.3 Å². The van der Waals surface area contributed by atoms with E-state index in [4.69, 9.17) is 11.6 Å². The average Bonchev–Trinajstić information content (AvgIpc) is 3.26. The number of carbonyl (C=O) groups is 2. The number of halogens is 1. The quantitative estimate of drug-likeness (QED) is 0.377. The van der Waals surface area contributed by atoms with Crippen molar-refractivity contribution in [2.75, 3.05) is 13.6 Å². The molecule has 3 heterocycles. The number of benzene rings is 1. The molecule has 8 nitrogen and oxygen atoms in total. The third kappa shape index (κ3) is 5.39. The van der Waals surface area contributed by atoms with E-state index in [-0.39, 0.29) is 29.9 Å². The number of thiophene rings is 1. The molecule has 174 valence electrons. The molecule has 34 heavy (non-hydrogen) atoms. The highest BCUT2D eigenvalue weighted by atomic mass is 35.5. The molecule has 0 saturated heterocycles. The van der Waals surface area contributed by atoms with E-state index < -0.39 is 5.91 Å². The number of hydrogen-bond donors (Lipinski definition) is 1. The Kier molecular flexibility index (Phi) is 7.16. The Morgan fingerprint density at radius 3 is 2.68 bits per heavy atom. The van der Waals surface area contributed by atoms with Gasteiger partial charge < -0.3 is 9.88 Å². The molecule has 0 fully saturated rings. The van der Waals surface area contributed by atoms with Crippen LogP contribution in [-0.4, -0.2) is 44.7 Å². The van der Waals surface area contributed by atoms with Gasteiger partial charge in [-0.15, -0.1) is 11.3 Å². The van der Waals surface area contributed by atoms with Gasteiger partial charge in [-0.1, -0.05) is 23.7 Å². The van der Waals surface area contributed by atoms with Crippen molar-refractivity contribution in [3.05, 3.63) is 92.1 Å². The number of amides is 1. The zero-order valence-corrected chi connectivity index (χ0v) is 20.2. The maximum atomic E-state index is 13.1. The van der Waals surface area contributed by atoms with Gasteiger partial charge in [0, 0.05) is 48.6 Å². The topological polar surface area (TPSA) is 97.2 Å². The highest BCUT2D eigenvalue weighted by molar-refractivity contribution is 7.18. The summed E-state index contributed by atoms with van der Waals surface area (Å²) in [6.45, 7) is 0.932. The number of rotatable bonds is 8. The van der Waals surface area contributed by atoms with E-state index in [2.05, 4.69) is 15.3 Å². The fourth-order valence-corrected chi connectivity index (χ4v) is 4.82. The van der Waals surface area contributed by atoms with Crippen LogP contribution < -0.4 is 10.7 Å². The SMILES string of the molecule is CN(CC(=O)c1cnccn1)Cc1cc2c(=O)c(C(=O)NCc3ccc(Cl)cc3)cn(C)c2s1. The summed E-state index contributed by atoms with van der Waals surface area (Å²) >= 11 is 7.35. The number of nitrogens with zero attached hydrogens (tertiary/aromatic N) is 4. The van der Waals surface area contributed by atoms with E-state index in [1.54, 1.807) is 36.0 Å². The lowest BCUT2D eigenvalue weighted by molar-refractivity contribution is 0.0934. The minimum absolute atomic E-state index is 0.0829. The molecule has 0 unspecified atom stereocenters. The predicted molar refractivity (Wildman–Crippen MR) is 132 cm³/mol. The molecule has 3 aromatic heterocycles. The van der Waals surface area contributed by atoms with Gasteiger partial charge in [0.05, 0.1) is 18.1 Å². The van der Waals surface area contributed by atoms with Crippen LogP contribution in [0.4, 0.5) is 0 Å². The first-order chi connectivity index (χ1) is 16.3. The molecular weight excluding hydrogens is 474 g/mol. The van der Waals surface area contributed by atoms with Gasteiger partial charge in [-0.3, -0.25) is 24.3 Å².